The van der Waals surface area contributed by atoms with Crippen LogP contribution >= 0.6 is 0 Å². The van der Waals surface area contributed by atoms with Gasteiger partial charge in [-0.3, -0.25) is 0 Å². The van der Waals surface area contributed by atoms with Gasteiger partial charge in [0.05, 0.1) is 0 Å². The lowest BCUT2D eigenvalue weighted by Gasteiger charge is -2.23. The van der Waals surface area contributed by atoms with Gasteiger partial charge in [0.25, 0.3) is 0 Å². The van der Waals surface area contributed by atoms with Crippen molar-refractivity contribution in [2.45, 2.75) is 25.3 Å². The fourth-order valence-electron chi connectivity index (χ4n) is 2.43. The van der Waals surface area contributed by atoms with Crippen LogP contribution < -0.4 is 5.32 Å². The van der Waals surface area contributed by atoms with Gasteiger partial charge in [0.1, 0.15) is 0 Å². The van der Waals surface area contributed by atoms with Crippen molar-refractivity contribution in [3.63, 3.8) is 0 Å². The molecule has 1 saturated heterocycles. The first kappa shape index (κ1) is 11.6. The van der Waals surface area contributed by atoms with Gasteiger partial charge in [-0.25, -0.2) is 0 Å². The maximum absolute atomic E-state index is 3.44. The van der Waals surface area contributed by atoms with E-state index in [0.29, 0.717) is 6.04 Å². The van der Waals surface area contributed by atoms with Crippen molar-refractivity contribution < 1.29 is 0 Å². The molecule has 0 amide bonds. The third-order valence-corrected chi connectivity index (χ3v) is 3.41. The molecule has 1 aliphatic heterocycles. The molecule has 1 fully saturated rings. The monoisotopic (exact) mass is 218 g/mol. The average Bonchev–Trinajstić information content (AvgIpc) is 2.82. The minimum atomic E-state index is 0.584. The van der Waals surface area contributed by atoms with Crippen molar-refractivity contribution in [3.8, 4) is 0 Å². The van der Waals surface area contributed by atoms with Gasteiger partial charge in [-0.1, -0.05) is 30.3 Å². The van der Waals surface area contributed by atoms with Crippen LogP contribution in [0.4, 0.5) is 0 Å². The normalized spacial score (nSPS) is 18.8. The lowest BCUT2D eigenvalue weighted by Crippen LogP contribution is -2.39. The molecule has 1 aromatic rings. The number of likely N-dealkylation sites (N-methyl/N-ethyl adjacent to an activating group) is 1. The van der Waals surface area contributed by atoms with Crippen LogP contribution in [0, 0.1) is 0 Å². The quantitative estimate of drug-likeness (QED) is 0.812. The van der Waals surface area contributed by atoms with Gasteiger partial charge >= 0.3 is 0 Å². The largest absolute Gasteiger partial charge is 0.315 e. The number of nitrogens with one attached hydrogen (secondary N) is 1. The van der Waals surface area contributed by atoms with Gasteiger partial charge in [0.15, 0.2) is 0 Å². The van der Waals surface area contributed by atoms with Crippen LogP contribution in [-0.2, 0) is 6.42 Å². The van der Waals surface area contributed by atoms with E-state index in [1.54, 1.807) is 0 Å². The fraction of sp³-hybridized carbons (Fsp3) is 0.571. The third kappa shape index (κ3) is 3.32. The summed E-state index contributed by atoms with van der Waals surface area (Å²) in [6.45, 7) is 3.76. The highest BCUT2D eigenvalue weighted by Gasteiger charge is 2.16. The second-order valence-electron chi connectivity index (χ2n) is 4.68. The van der Waals surface area contributed by atoms with E-state index in [4.69, 9.17) is 0 Å². The zero-order valence-corrected chi connectivity index (χ0v) is 10.2. The van der Waals surface area contributed by atoms with Crippen LogP contribution in [0.1, 0.15) is 18.4 Å². The molecule has 0 aliphatic carbocycles. The minimum Gasteiger partial charge on any atom is -0.315 e. The summed E-state index contributed by atoms with van der Waals surface area (Å²) in [6, 6.07) is 11.3. The van der Waals surface area contributed by atoms with Crippen molar-refractivity contribution in [3.05, 3.63) is 35.9 Å². The number of hydrogen-bond donors (Lipinski definition) is 1. The molecule has 2 nitrogen and oxygen atoms in total. The van der Waals surface area contributed by atoms with Crippen LogP contribution in [0.5, 0.6) is 0 Å². The maximum Gasteiger partial charge on any atom is 0.0232 e. The summed E-state index contributed by atoms with van der Waals surface area (Å²) in [5, 5.41) is 3.44. The minimum absolute atomic E-state index is 0.584. The predicted octanol–water partition coefficient (Wildman–Crippen LogP) is 1.91. The first-order chi connectivity index (χ1) is 7.88. The Balaban J connectivity index is 1.85. The molecule has 0 saturated carbocycles. The molecule has 1 heterocycles. The van der Waals surface area contributed by atoms with E-state index < -0.39 is 0 Å². The van der Waals surface area contributed by atoms with Crippen molar-refractivity contribution in [1.82, 2.24) is 10.2 Å². The Bertz CT molecular complexity index is 291. The van der Waals surface area contributed by atoms with E-state index in [1.165, 1.54) is 38.0 Å². The smallest absolute Gasteiger partial charge is 0.0232 e. The lowest BCUT2D eigenvalue weighted by molar-refractivity contribution is 0.296. The van der Waals surface area contributed by atoms with Crippen molar-refractivity contribution in [2.75, 3.05) is 26.7 Å². The summed E-state index contributed by atoms with van der Waals surface area (Å²) < 4.78 is 0. The van der Waals surface area contributed by atoms with Crippen LogP contribution in [0.2, 0.25) is 0 Å². The molecule has 1 unspecified atom stereocenters. The number of rotatable bonds is 5. The van der Waals surface area contributed by atoms with Crippen molar-refractivity contribution in [2.24, 2.45) is 0 Å². The molecule has 1 N–H and O–H groups in total. The molecule has 0 radical (unpaired) electrons. The Labute approximate surface area is 98.7 Å². The lowest BCUT2D eigenvalue weighted by atomic mass is 10.1. The summed E-state index contributed by atoms with van der Waals surface area (Å²) in [5.41, 5.74) is 1.43. The highest BCUT2D eigenvalue weighted by atomic mass is 15.2. The van der Waals surface area contributed by atoms with E-state index in [9.17, 15) is 0 Å². The fourth-order valence-corrected chi connectivity index (χ4v) is 2.43. The van der Waals surface area contributed by atoms with Crippen LogP contribution in [0.15, 0.2) is 30.3 Å². The summed E-state index contributed by atoms with van der Waals surface area (Å²) in [4.78, 5) is 2.57. The molecule has 2 heteroatoms. The molecule has 16 heavy (non-hydrogen) atoms. The Morgan fingerprint density at radius 2 is 1.88 bits per heavy atom. The molecule has 1 aliphatic rings. The number of hydrogen-bond acceptors (Lipinski definition) is 2. The van der Waals surface area contributed by atoms with Crippen LogP contribution in [0.3, 0.4) is 0 Å². The highest BCUT2D eigenvalue weighted by Crippen LogP contribution is 2.10. The Hall–Kier alpha value is -0.860. The Kier molecular flexibility index (Phi) is 4.37. The highest BCUT2D eigenvalue weighted by molar-refractivity contribution is 5.16. The van der Waals surface area contributed by atoms with E-state index in [2.05, 4.69) is 47.6 Å². The topological polar surface area (TPSA) is 15.3 Å². The molecule has 1 aromatic carbocycles. The maximum atomic E-state index is 3.44. The summed E-state index contributed by atoms with van der Waals surface area (Å²) >= 11 is 0. The molecule has 0 spiro atoms. The second kappa shape index (κ2) is 6.02. The standard InChI is InChI=1S/C14H22N2/c1-15-14(12-16-9-5-6-10-16)11-13-7-3-2-4-8-13/h2-4,7-8,14-15H,5-6,9-12H2,1H3. The number of likely N-dealkylation sites (tertiary alicyclic amines) is 1. The summed E-state index contributed by atoms with van der Waals surface area (Å²) in [5.74, 6) is 0. The molecule has 0 aromatic heterocycles. The van der Waals surface area contributed by atoms with Gasteiger partial charge in [0.2, 0.25) is 0 Å². The van der Waals surface area contributed by atoms with Gasteiger partial charge in [0, 0.05) is 12.6 Å². The second-order valence-corrected chi connectivity index (χ2v) is 4.68. The summed E-state index contributed by atoms with van der Waals surface area (Å²) in [7, 11) is 2.07. The zero-order valence-electron chi connectivity index (χ0n) is 10.2. The van der Waals surface area contributed by atoms with E-state index in [0.717, 1.165) is 6.42 Å². The van der Waals surface area contributed by atoms with Gasteiger partial charge in [-0.15, -0.1) is 0 Å². The third-order valence-electron chi connectivity index (χ3n) is 3.41. The van der Waals surface area contributed by atoms with Crippen LogP contribution in [-0.4, -0.2) is 37.6 Å². The Morgan fingerprint density at radius 3 is 2.50 bits per heavy atom. The first-order valence-electron chi connectivity index (χ1n) is 6.32. The number of benzene rings is 1. The average molecular weight is 218 g/mol. The molecule has 0 bridgehead atoms. The van der Waals surface area contributed by atoms with Crippen molar-refractivity contribution in [1.29, 1.82) is 0 Å². The molecular formula is C14H22N2. The van der Waals surface area contributed by atoms with Crippen LogP contribution in [0.25, 0.3) is 0 Å². The SMILES string of the molecule is CNC(Cc1ccccc1)CN1CCCC1. The predicted molar refractivity (Wildman–Crippen MR) is 68.7 cm³/mol. The van der Waals surface area contributed by atoms with Gasteiger partial charge in [-0.2, -0.15) is 0 Å². The Morgan fingerprint density at radius 1 is 1.19 bits per heavy atom. The van der Waals surface area contributed by atoms with Gasteiger partial charge in [-0.05, 0) is 45.0 Å². The van der Waals surface area contributed by atoms with Crippen molar-refractivity contribution >= 4 is 0 Å². The van der Waals surface area contributed by atoms with E-state index in [1.807, 2.05) is 0 Å². The number of nitrogens with zero attached hydrogens (tertiary/aromatic N) is 1. The zero-order chi connectivity index (χ0) is 11.2. The molecule has 2 rings (SSSR count). The van der Waals surface area contributed by atoms with Gasteiger partial charge < -0.3 is 10.2 Å². The molecule has 88 valence electrons. The summed E-state index contributed by atoms with van der Waals surface area (Å²) in [6.07, 6.45) is 3.89. The first-order valence-corrected chi connectivity index (χ1v) is 6.32. The van der Waals surface area contributed by atoms with E-state index >= 15 is 0 Å². The molecule has 1 atom stereocenters. The van der Waals surface area contributed by atoms with E-state index in [-0.39, 0.29) is 0 Å². The molecular weight excluding hydrogens is 196 g/mol.